The summed E-state index contributed by atoms with van der Waals surface area (Å²) < 4.78 is 37.2. The number of aliphatic imine (C=N–C) groups is 1. The van der Waals surface area contributed by atoms with Crippen molar-refractivity contribution in [1.29, 1.82) is 0 Å². The number of piperazine rings is 1. The minimum atomic E-state index is -4.40. The Bertz CT molecular complexity index is 1250. The van der Waals surface area contributed by atoms with Crippen LogP contribution < -0.4 is 0 Å². The van der Waals surface area contributed by atoms with E-state index in [1.807, 2.05) is 20.8 Å². The van der Waals surface area contributed by atoms with Gasteiger partial charge in [-0.2, -0.15) is 13.2 Å². The van der Waals surface area contributed by atoms with Gasteiger partial charge in [-0.15, -0.1) is 0 Å². The van der Waals surface area contributed by atoms with E-state index in [9.17, 15) is 18.0 Å². The van der Waals surface area contributed by atoms with Gasteiger partial charge in [0.15, 0.2) is 5.78 Å². The van der Waals surface area contributed by atoms with E-state index in [4.69, 9.17) is 12.8 Å². The van der Waals surface area contributed by atoms with Gasteiger partial charge in [0.1, 0.15) is 0 Å². The average molecular weight is 684 g/mol. The highest BCUT2D eigenvalue weighted by molar-refractivity contribution is 6.08. The zero-order valence-electron chi connectivity index (χ0n) is 32.3. The topological polar surface area (TPSA) is 35.9 Å². The van der Waals surface area contributed by atoms with Crippen LogP contribution in [0.25, 0.3) is 0 Å². The van der Waals surface area contributed by atoms with Crippen LogP contribution in [0.5, 0.6) is 0 Å². The number of Topliss-reactive ketones (excluding diaryl/α,β-unsaturated/α-hetero) is 1. The highest BCUT2D eigenvalue weighted by Crippen LogP contribution is 2.31. The van der Waals surface area contributed by atoms with Gasteiger partial charge < -0.3 is 4.90 Å². The van der Waals surface area contributed by atoms with Crippen LogP contribution in [-0.2, 0) is 12.7 Å². The molecule has 1 aliphatic heterocycles. The first-order valence-corrected chi connectivity index (χ1v) is 18.6. The number of hydrogen-bond donors (Lipinski definition) is 0. The molecule has 4 rings (SSSR count). The fourth-order valence-corrected chi connectivity index (χ4v) is 5.62. The number of hydrogen-bond acceptors (Lipinski definition) is 4. The number of halogens is 3. The Hall–Kier alpha value is -2.45. The molecule has 2 fully saturated rings. The highest BCUT2D eigenvalue weighted by atomic mass is 19.4. The average Bonchev–Trinajstić information content (AvgIpc) is 3.11. The predicted octanol–water partition coefficient (Wildman–Crippen LogP) is 11.2. The first-order chi connectivity index (χ1) is 23.2. The fraction of sp³-hybridized carbons (Fsp3) is 0.659. The summed E-state index contributed by atoms with van der Waals surface area (Å²) in [6, 6.07) is 11.3. The Morgan fingerprint density at radius 3 is 2.06 bits per heavy atom. The maximum absolute atomic E-state index is 12.4. The van der Waals surface area contributed by atoms with Gasteiger partial charge >= 0.3 is 6.18 Å². The molecule has 0 N–H and O–H groups in total. The number of rotatable bonds is 9. The molecule has 274 valence electrons. The number of alkyl halides is 3. The van der Waals surface area contributed by atoms with E-state index in [0.29, 0.717) is 12.3 Å². The van der Waals surface area contributed by atoms with Crippen LogP contribution in [0.2, 0.25) is 6.32 Å². The summed E-state index contributed by atoms with van der Waals surface area (Å²) in [6.07, 6.45) is 3.84. The molecule has 0 spiro atoms. The summed E-state index contributed by atoms with van der Waals surface area (Å²) in [5, 5.41) is 0. The summed E-state index contributed by atoms with van der Waals surface area (Å²) in [4.78, 5) is 21.5. The lowest BCUT2D eigenvalue weighted by Crippen LogP contribution is -2.43. The zero-order valence-corrected chi connectivity index (χ0v) is 32.3. The lowest BCUT2D eigenvalue weighted by atomic mass is 9.77. The first kappa shape index (κ1) is 44.6. The quantitative estimate of drug-likeness (QED) is 0.150. The number of carbonyl (C=O) groups excluding carboxylic acids is 1. The van der Waals surface area contributed by atoms with Gasteiger partial charge in [-0.3, -0.25) is 14.7 Å². The van der Waals surface area contributed by atoms with Crippen LogP contribution in [0, 0.1) is 30.6 Å². The van der Waals surface area contributed by atoms with Crippen molar-refractivity contribution in [2.24, 2.45) is 28.7 Å². The first-order valence-electron chi connectivity index (χ1n) is 18.6. The molecule has 2 aromatic rings. The second-order valence-corrected chi connectivity index (χ2v) is 13.9. The molecule has 2 aliphatic rings. The van der Waals surface area contributed by atoms with Crippen LogP contribution in [0.1, 0.15) is 121 Å². The molecular formula is C41H65BF3N3O. The Labute approximate surface area is 298 Å². The molecule has 1 saturated carbocycles. The van der Waals surface area contributed by atoms with E-state index in [1.165, 1.54) is 67.7 Å². The second-order valence-electron chi connectivity index (χ2n) is 13.9. The molecule has 0 aromatic heterocycles. The molecule has 2 aromatic carbocycles. The third kappa shape index (κ3) is 16.4. The van der Waals surface area contributed by atoms with Crippen LogP contribution >= 0.6 is 0 Å². The molecule has 1 saturated heterocycles. The number of carbonyl (C=O) groups is 1. The van der Waals surface area contributed by atoms with Crippen molar-refractivity contribution in [3.8, 4) is 0 Å². The standard InChI is InChI=1S/C19H31N3.C12H13F3O.C8H15B.C2H6/c1-6-15(2)17(4)20-19-13-18(8-7-16(19)3)14-22-11-9-21(5)10-12-22;1-3-8(2)11(16)9-5-4-6-10(7-9)12(13,14)15;1-7-2-4-8(6-9)5-3-7;1-2/h7-8,13,15H,6,9-12,14H2,1-5H3;4-8H,3H2,1-2H3;7-8H,2-6H2,1H3;1-2H3. The van der Waals surface area contributed by atoms with Crippen molar-refractivity contribution in [3.05, 3.63) is 64.7 Å². The van der Waals surface area contributed by atoms with Crippen LogP contribution in [0.15, 0.2) is 47.5 Å². The lowest BCUT2D eigenvalue weighted by Gasteiger charge is -2.32. The maximum atomic E-state index is 12.4. The van der Waals surface area contributed by atoms with Gasteiger partial charge in [-0.05, 0) is 80.8 Å². The Balaban J connectivity index is 0.000000388. The van der Waals surface area contributed by atoms with Crippen LogP contribution in [-0.4, -0.2) is 62.4 Å². The van der Waals surface area contributed by atoms with Crippen molar-refractivity contribution < 1.29 is 18.0 Å². The summed E-state index contributed by atoms with van der Waals surface area (Å²) in [5.41, 5.74) is 4.38. The van der Waals surface area contributed by atoms with E-state index in [-0.39, 0.29) is 17.3 Å². The normalized spacial score (nSPS) is 20.0. The molecule has 2 unspecified atom stereocenters. The lowest BCUT2D eigenvalue weighted by molar-refractivity contribution is -0.137. The third-order valence-electron chi connectivity index (χ3n) is 9.90. The van der Waals surface area contributed by atoms with Crippen molar-refractivity contribution in [3.63, 3.8) is 0 Å². The van der Waals surface area contributed by atoms with Gasteiger partial charge in [0, 0.05) is 49.9 Å². The minimum Gasteiger partial charge on any atom is -0.304 e. The van der Waals surface area contributed by atoms with E-state index in [0.717, 1.165) is 62.0 Å². The molecule has 0 amide bonds. The van der Waals surface area contributed by atoms with Gasteiger partial charge in [0.05, 0.1) is 19.1 Å². The number of ketones is 1. The van der Waals surface area contributed by atoms with Gasteiger partial charge in [0.2, 0.25) is 0 Å². The second kappa shape index (κ2) is 23.1. The Kier molecular flexibility index (Phi) is 21.0. The molecular weight excluding hydrogens is 618 g/mol. The number of aryl methyl sites for hydroxylation is 1. The van der Waals surface area contributed by atoms with Gasteiger partial charge in [-0.1, -0.05) is 105 Å². The molecule has 8 heteroatoms. The van der Waals surface area contributed by atoms with Crippen molar-refractivity contribution >= 4 is 25.0 Å². The number of benzene rings is 2. The SMILES string of the molecule is CC.CCC(C)C(=O)c1cccc(C(F)(F)F)c1.CCC(C)C(C)=Nc1cc(CN2CCN(C)CC2)ccc1C.[B]CC1CCC(C)CC1. The summed E-state index contributed by atoms with van der Waals surface area (Å²) in [7, 11) is 7.75. The summed E-state index contributed by atoms with van der Waals surface area (Å²) in [6.45, 7) is 24.4. The molecule has 4 nitrogen and oxygen atoms in total. The predicted molar refractivity (Wildman–Crippen MR) is 204 cm³/mol. The highest BCUT2D eigenvalue weighted by Gasteiger charge is 2.31. The van der Waals surface area contributed by atoms with Gasteiger partial charge in [0.25, 0.3) is 0 Å². The summed E-state index contributed by atoms with van der Waals surface area (Å²) in [5.74, 6) is 1.88. The molecule has 0 bridgehead atoms. The molecule has 2 atom stereocenters. The molecule has 2 radical (unpaired) electrons. The summed E-state index contributed by atoms with van der Waals surface area (Å²) >= 11 is 0. The van der Waals surface area contributed by atoms with E-state index in [2.05, 4.69) is 69.7 Å². The molecule has 1 aliphatic carbocycles. The molecule has 1 heterocycles. The fourth-order valence-electron chi connectivity index (χ4n) is 5.62. The molecule has 49 heavy (non-hydrogen) atoms. The Morgan fingerprint density at radius 1 is 0.939 bits per heavy atom. The largest absolute Gasteiger partial charge is 0.416 e. The van der Waals surface area contributed by atoms with Crippen LogP contribution in [0.3, 0.4) is 0 Å². The van der Waals surface area contributed by atoms with E-state index < -0.39 is 11.7 Å². The minimum absolute atomic E-state index is 0.129. The van der Waals surface area contributed by atoms with E-state index in [1.54, 1.807) is 6.92 Å². The third-order valence-corrected chi connectivity index (χ3v) is 9.90. The zero-order chi connectivity index (χ0) is 37.1. The number of likely N-dealkylation sites (N-methyl/N-ethyl adjacent to an activating group) is 1. The smallest absolute Gasteiger partial charge is 0.304 e. The van der Waals surface area contributed by atoms with Crippen LogP contribution in [0.4, 0.5) is 18.9 Å². The maximum Gasteiger partial charge on any atom is 0.416 e. The monoisotopic (exact) mass is 684 g/mol. The van der Waals surface area contributed by atoms with Crippen molar-refractivity contribution in [2.75, 3.05) is 33.2 Å². The van der Waals surface area contributed by atoms with Crippen molar-refractivity contribution in [2.45, 2.75) is 120 Å². The van der Waals surface area contributed by atoms with Gasteiger partial charge in [-0.25, -0.2) is 0 Å². The Morgan fingerprint density at radius 2 is 1.53 bits per heavy atom. The van der Waals surface area contributed by atoms with Crippen molar-refractivity contribution in [1.82, 2.24) is 9.80 Å². The number of nitrogens with zero attached hydrogens (tertiary/aromatic N) is 3. The van der Waals surface area contributed by atoms with E-state index >= 15 is 0 Å².